The molecule has 0 bridgehead atoms. The molecular weight excluding hydrogens is 520 g/mol. The Labute approximate surface area is 238 Å². The van der Waals surface area contributed by atoms with Crippen LogP contribution in [-0.4, -0.2) is 55.0 Å². The summed E-state index contributed by atoms with van der Waals surface area (Å²) in [7, 11) is 3.87. The number of benzene rings is 3. The van der Waals surface area contributed by atoms with Gasteiger partial charge in [0.25, 0.3) is 11.8 Å². The van der Waals surface area contributed by atoms with E-state index in [-0.39, 0.29) is 30.5 Å². The maximum atomic E-state index is 12.8. The van der Waals surface area contributed by atoms with Gasteiger partial charge in [0.1, 0.15) is 0 Å². The van der Waals surface area contributed by atoms with E-state index in [1.807, 2.05) is 61.5 Å². The Balaban J connectivity index is 1.30. The summed E-state index contributed by atoms with van der Waals surface area (Å²) in [6, 6.07) is 23.5. The van der Waals surface area contributed by atoms with Crippen LogP contribution < -0.4 is 31.9 Å². The number of nitrogens with two attached hydrogens (primary N) is 1. The molecule has 0 radical (unpaired) electrons. The van der Waals surface area contributed by atoms with Crippen LogP contribution in [-0.2, 0) is 6.54 Å². The highest BCUT2D eigenvalue weighted by atomic mass is 16.2. The Morgan fingerprint density at radius 1 is 0.829 bits per heavy atom. The molecule has 210 valence electrons. The van der Waals surface area contributed by atoms with Gasteiger partial charge in [0, 0.05) is 56.2 Å². The molecule has 1 aromatic heterocycles. The molecule has 0 saturated carbocycles. The standard InChI is InChI=1S/C30H32N8O3/c1-38(2)24-13-11-23(12-14-24)36-30(41)33-16-15-32-29(40)26-27(31)34-19-25(37-26)21-9-6-10-22(17-21)28(39)35-18-20-7-4-3-5-8-20/h3-14,17,19H,15-16,18H2,1-2H3,(H2,31,34)(H,32,40)(H,35,39)(H2,33,36,41). The molecule has 11 nitrogen and oxygen atoms in total. The zero-order chi connectivity index (χ0) is 29.2. The van der Waals surface area contributed by atoms with Crippen LogP contribution in [0, 0.1) is 0 Å². The van der Waals surface area contributed by atoms with Crippen LogP contribution in [0.4, 0.5) is 22.0 Å². The minimum atomic E-state index is -0.532. The van der Waals surface area contributed by atoms with Crippen LogP contribution in [0.2, 0.25) is 0 Å². The van der Waals surface area contributed by atoms with E-state index in [0.717, 1.165) is 11.3 Å². The van der Waals surface area contributed by atoms with Crippen LogP contribution in [0.15, 0.2) is 85.1 Å². The fraction of sp³-hybridized carbons (Fsp3) is 0.167. The van der Waals surface area contributed by atoms with Crippen molar-refractivity contribution in [1.29, 1.82) is 0 Å². The summed E-state index contributed by atoms with van der Waals surface area (Å²) in [5.74, 6) is -0.802. The van der Waals surface area contributed by atoms with Gasteiger partial charge in [0.2, 0.25) is 0 Å². The van der Waals surface area contributed by atoms with Crippen LogP contribution >= 0.6 is 0 Å². The maximum absolute atomic E-state index is 12.8. The van der Waals surface area contributed by atoms with Crippen molar-refractivity contribution in [3.05, 3.63) is 102 Å². The molecule has 11 heteroatoms. The Morgan fingerprint density at radius 3 is 2.29 bits per heavy atom. The largest absolute Gasteiger partial charge is 0.382 e. The Kier molecular flexibility index (Phi) is 9.45. The first-order valence-corrected chi connectivity index (χ1v) is 13.0. The van der Waals surface area contributed by atoms with Crippen molar-refractivity contribution in [2.45, 2.75) is 6.54 Å². The number of rotatable bonds is 10. The Bertz CT molecular complexity index is 1510. The first-order chi connectivity index (χ1) is 19.8. The molecule has 0 fully saturated rings. The Morgan fingerprint density at radius 2 is 1.56 bits per heavy atom. The first kappa shape index (κ1) is 28.6. The third kappa shape index (κ3) is 8.02. The van der Waals surface area contributed by atoms with Gasteiger partial charge in [-0.15, -0.1) is 0 Å². The van der Waals surface area contributed by atoms with E-state index in [2.05, 4.69) is 31.2 Å². The molecule has 6 N–H and O–H groups in total. The highest BCUT2D eigenvalue weighted by Crippen LogP contribution is 2.20. The average Bonchev–Trinajstić information content (AvgIpc) is 2.99. The van der Waals surface area contributed by atoms with E-state index in [4.69, 9.17) is 5.73 Å². The fourth-order valence-electron chi connectivity index (χ4n) is 3.86. The minimum Gasteiger partial charge on any atom is -0.382 e. The number of hydrogen-bond donors (Lipinski definition) is 5. The number of carbonyl (C=O) groups excluding carboxylic acids is 3. The highest BCUT2D eigenvalue weighted by molar-refractivity contribution is 5.97. The molecule has 0 aliphatic rings. The normalized spacial score (nSPS) is 10.4. The van der Waals surface area contributed by atoms with Crippen molar-refractivity contribution in [1.82, 2.24) is 25.9 Å². The van der Waals surface area contributed by atoms with Crippen molar-refractivity contribution in [3.8, 4) is 11.3 Å². The van der Waals surface area contributed by atoms with E-state index in [1.165, 1.54) is 6.20 Å². The van der Waals surface area contributed by atoms with Gasteiger partial charge < -0.3 is 31.9 Å². The second kappa shape index (κ2) is 13.6. The van der Waals surface area contributed by atoms with Gasteiger partial charge in [-0.1, -0.05) is 42.5 Å². The molecule has 0 saturated heterocycles. The number of hydrogen-bond acceptors (Lipinski definition) is 7. The number of nitrogen functional groups attached to an aromatic ring is 1. The van der Waals surface area contributed by atoms with Gasteiger partial charge in [0.05, 0.1) is 11.9 Å². The predicted molar refractivity (Wildman–Crippen MR) is 160 cm³/mol. The van der Waals surface area contributed by atoms with Gasteiger partial charge in [-0.3, -0.25) is 9.59 Å². The molecule has 3 aromatic carbocycles. The lowest BCUT2D eigenvalue weighted by atomic mass is 10.1. The summed E-state index contributed by atoms with van der Waals surface area (Å²) in [5, 5.41) is 11.0. The SMILES string of the molecule is CN(C)c1ccc(NC(=O)NCCNC(=O)c2nc(-c3cccc(C(=O)NCc4ccccc4)c3)cnc2N)cc1. The van der Waals surface area contributed by atoms with E-state index in [1.54, 1.807) is 36.4 Å². The third-order valence-electron chi connectivity index (χ3n) is 6.07. The van der Waals surface area contributed by atoms with Crippen LogP contribution in [0.1, 0.15) is 26.4 Å². The number of nitrogens with one attached hydrogen (secondary N) is 4. The second-order valence-corrected chi connectivity index (χ2v) is 9.32. The monoisotopic (exact) mass is 552 g/mol. The third-order valence-corrected chi connectivity index (χ3v) is 6.07. The molecule has 0 spiro atoms. The second-order valence-electron chi connectivity index (χ2n) is 9.32. The molecule has 0 aliphatic heterocycles. The van der Waals surface area contributed by atoms with Crippen molar-refractivity contribution < 1.29 is 14.4 Å². The quantitative estimate of drug-likeness (QED) is 0.189. The predicted octanol–water partition coefficient (Wildman–Crippen LogP) is 3.27. The first-order valence-electron chi connectivity index (χ1n) is 13.0. The fourth-order valence-corrected chi connectivity index (χ4v) is 3.86. The number of amides is 4. The number of nitrogens with zero attached hydrogens (tertiary/aromatic N) is 3. The molecule has 0 unspecified atom stereocenters. The summed E-state index contributed by atoms with van der Waals surface area (Å²) in [6.07, 6.45) is 1.45. The van der Waals surface area contributed by atoms with Crippen molar-refractivity contribution >= 4 is 35.0 Å². The van der Waals surface area contributed by atoms with E-state index >= 15 is 0 Å². The van der Waals surface area contributed by atoms with Gasteiger partial charge in [-0.05, 0) is 42.0 Å². The maximum Gasteiger partial charge on any atom is 0.319 e. The minimum absolute atomic E-state index is 0.0325. The number of anilines is 3. The lowest BCUT2D eigenvalue weighted by molar-refractivity contribution is 0.0942. The van der Waals surface area contributed by atoms with E-state index < -0.39 is 11.9 Å². The summed E-state index contributed by atoms with van der Waals surface area (Å²) < 4.78 is 0. The molecule has 0 aliphatic carbocycles. The van der Waals surface area contributed by atoms with Gasteiger partial charge in [0.15, 0.2) is 11.5 Å². The number of aromatic nitrogens is 2. The average molecular weight is 553 g/mol. The summed E-state index contributed by atoms with van der Waals surface area (Å²) in [6.45, 7) is 0.727. The van der Waals surface area contributed by atoms with Crippen LogP contribution in [0.25, 0.3) is 11.3 Å². The number of carbonyl (C=O) groups is 3. The topological polar surface area (TPSA) is 154 Å². The van der Waals surface area contributed by atoms with Crippen molar-refractivity contribution in [3.63, 3.8) is 0 Å². The molecule has 0 atom stereocenters. The molecule has 1 heterocycles. The summed E-state index contributed by atoms with van der Waals surface area (Å²) in [4.78, 5) is 48.1. The molecular formula is C30H32N8O3. The smallest absolute Gasteiger partial charge is 0.319 e. The Hall–Kier alpha value is -5.45. The molecule has 41 heavy (non-hydrogen) atoms. The van der Waals surface area contributed by atoms with Gasteiger partial charge in [-0.25, -0.2) is 14.8 Å². The van der Waals surface area contributed by atoms with Crippen LogP contribution in [0.5, 0.6) is 0 Å². The molecule has 4 amide bonds. The van der Waals surface area contributed by atoms with Gasteiger partial charge >= 0.3 is 6.03 Å². The zero-order valence-corrected chi connectivity index (χ0v) is 22.8. The molecule has 4 aromatic rings. The zero-order valence-electron chi connectivity index (χ0n) is 22.8. The van der Waals surface area contributed by atoms with Gasteiger partial charge in [-0.2, -0.15) is 0 Å². The van der Waals surface area contributed by atoms with Crippen molar-refractivity contribution in [2.24, 2.45) is 0 Å². The van der Waals surface area contributed by atoms with E-state index in [0.29, 0.717) is 29.1 Å². The lowest BCUT2D eigenvalue weighted by Crippen LogP contribution is -2.37. The number of urea groups is 1. The van der Waals surface area contributed by atoms with Crippen LogP contribution in [0.3, 0.4) is 0 Å². The lowest BCUT2D eigenvalue weighted by Gasteiger charge is -2.13. The highest BCUT2D eigenvalue weighted by Gasteiger charge is 2.15. The summed E-state index contributed by atoms with van der Waals surface area (Å²) >= 11 is 0. The summed E-state index contributed by atoms with van der Waals surface area (Å²) in [5.41, 5.74) is 9.97. The molecule has 4 rings (SSSR count). The van der Waals surface area contributed by atoms with E-state index in [9.17, 15) is 14.4 Å². The van der Waals surface area contributed by atoms with Crippen molar-refractivity contribution in [2.75, 3.05) is 43.1 Å².